The largest absolute Gasteiger partial charge is 0.416 e. The van der Waals surface area contributed by atoms with Crippen LogP contribution in [0.2, 0.25) is 0 Å². The second kappa shape index (κ2) is 5.80. The van der Waals surface area contributed by atoms with Gasteiger partial charge in [0.2, 0.25) is 0 Å². The number of hydrogen-bond donors (Lipinski definition) is 1. The van der Waals surface area contributed by atoms with Gasteiger partial charge in [0, 0.05) is 12.2 Å². The van der Waals surface area contributed by atoms with E-state index >= 15 is 0 Å². The Bertz CT molecular complexity index is 645. The second-order valence-electron chi connectivity index (χ2n) is 5.30. The first-order valence-electron chi connectivity index (χ1n) is 6.75. The van der Waals surface area contributed by atoms with E-state index in [1.807, 2.05) is 20.8 Å². The molecule has 0 radical (unpaired) electrons. The van der Waals surface area contributed by atoms with Crippen LogP contribution in [-0.4, -0.2) is 0 Å². The maximum atomic E-state index is 12.7. The maximum absolute atomic E-state index is 12.7. The minimum atomic E-state index is -4.31. The number of rotatable bonds is 3. The molecule has 21 heavy (non-hydrogen) atoms. The summed E-state index contributed by atoms with van der Waals surface area (Å²) in [6.07, 6.45) is -4.31. The Morgan fingerprint density at radius 3 is 2.24 bits per heavy atom. The van der Waals surface area contributed by atoms with E-state index in [0.29, 0.717) is 12.2 Å². The highest BCUT2D eigenvalue weighted by Crippen LogP contribution is 2.30. The highest BCUT2D eigenvalue weighted by Gasteiger charge is 2.30. The zero-order valence-corrected chi connectivity index (χ0v) is 12.3. The van der Waals surface area contributed by atoms with E-state index in [-0.39, 0.29) is 0 Å². The zero-order chi connectivity index (χ0) is 15.6. The Hall–Kier alpha value is -1.97. The van der Waals surface area contributed by atoms with Gasteiger partial charge in [0.15, 0.2) is 0 Å². The van der Waals surface area contributed by atoms with Gasteiger partial charge in [-0.3, -0.25) is 0 Å². The van der Waals surface area contributed by atoms with Crippen molar-refractivity contribution < 1.29 is 13.2 Å². The van der Waals surface area contributed by atoms with Crippen LogP contribution in [0.25, 0.3) is 0 Å². The molecule has 1 nitrogen and oxygen atoms in total. The SMILES string of the molecule is Cc1cc(C)c(CNc2cccc(C(F)(F)F)c2)cc1C. The summed E-state index contributed by atoms with van der Waals surface area (Å²) in [6, 6.07) is 9.44. The fourth-order valence-electron chi connectivity index (χ4n) is 2.21. The molecule has 0 aliphatic rings. The molecule has 2 aromatic rings. The molecule has 0 fully saturated rings. The molecule has 0 aliphatic carbocycles. The molecule has 0 saturated carbocycles. The van der Waals surface area contributed by atoms with E-state index in [0.717, 1.165) is 23.3 Å². The molecule has 0 unspecified atom stereocenters. The lowest BCUT2D eigenvalue weighted by Gasteiger charge is -2.13. The first-order chi connectivity index (χ1) is 9.77. The van der Waals surface area contributed by atoms with Gasteiger partial charge < -0.3 is 5.32 Å². The van der Waals surface area contributed by atoms with Gasteiger partial charge in [0.05, 0.1) is 5.56 Å². The standard InChI is InChI=1S/C17H18F3N/c1-11-7-13(3)14(8-12(11)2)10-21-16-6-4-5-15(9-16)17(18,19)20/h4-9,21H,10H2,1-3H3. The van der Waals surface area contributed by atoms with Crippen LogP contribution in [0.15, 0.2) is 36.4 Å². The number of alkyl halides is 3. The summed E-state index contributed by atoms with van der Waals surface area (Å²) in [4.78, 5) is 0. The van der Waals surface area contributed by atoms with Gasteiger partial charge in [-0.2, -0.15) is 13.2 Å². The molecule has 2 rings (SSSR count). The van der Waals surface area contributed by atoms with Gasteiger partial charge in [-0.05, 0) is 61.2 Å². The number of nitrogens with one attached hydrogen (secondary N) is 1. The minimum Gasteiger partial charge on any atom is -0.381 e. The van der Waals surface area contributed by atoms with Crippen molar-refractivity contribution in [3.05, 3.63) is 64.2 Å². The normalized spacial score (nSPS) is 11.5. The van der Waals surface area contributed by atoms with Gasteiger partial charge in [-0.25, -0.2) is 0 Å². The van der Waals surface area contributed by atoms with Crippen LogP contribution >= 0.6 is 0 Å². The van der Waals surface area contributed by atoms with Crippen LogP contribution in [0.1, 0.15) is 27.8 Å². The Morgan fingerprint density at radius 1 is 0.905 bits per heavy atom. The van der Waals surface area contributed by atoms with E-state index in [2.05, 4.69) is 17.4 Å². The van der Waals surface area contributed by atoms with Crippen LogP contribution in [-0.2, 0) is 12.7 Å². The molecule has 2 aromatic carbocycles. The first-order valence-corrected chi connectivity index (χ1v) is 6.75. The predicted octanol–water partition coefficient (Wildman–Crippen LogP) is 5.24. The third-order valence-electron chi connectivity index (χ3n) is 3.63. The van der Waals surface area contributed by atoms with E-state index in [1.54, 1.807) is 6.07 Å². The summed E-state index contributed by atoms with van der Waals surface area (Å²) in [6.45, 7) is 6.60. The summed E-state index contributed by atoms with van der Waals surface area (Å²) in [5, 5.41) is 3.06. The molecule has 0 aliphatic heterocycles. The summed E-state index contributed by atoms with van der Waals surface area (Å²) in [5.74, 6) is 0. The number of benzene rings is 2. The van der Waals surface area contributed by atoms with E-state index in [1.165, 1.54) is 17.2 Å². The summed E-state index contributed by atoms with van der Waals surface area (Å²) in [7, 11) is 0. The highest BCUT2D eigenvalue weighted by atomic mass is 19.4. The Morgan fingerprint density at radius 2 is 1.57 bits per heavy atom. The van der Waals surface area contributed by atoms with Crippen LogP contribution < -0.4 is 5.32 Å². The summed E-state index contributed by atoms with van der Waals surface area (Å²) in [5.41, 5.74) is 4.47. The second-order valence-corrected chi connectivity index (χ2v) is 5.30. The predicted molar refractivity (Wildman–Crippen MR) is 79.4 cm³/mol. The van der Waals surface area contributed by atoms with Crippen LogP contribution in [0.4, 0.5) is 18.9 Å². The average Bonchev–Trinajstić information content (AvgIpc) is 2.41. The van der Waals surface area contributed by atoms with Gasteiger partial charge >= 0.3 is 6.18 Å². The van der Waals surface area contributed by atoms with Gasteiger partial charge in [0.1, 0.15) is 0 Å². The topological polar surface area (TPSA) is 12.0 Å². The van der Waals surface area contributed by atoms with Crippen molar-refractivity contribution in [2.24, 2.45) is 0 Å². The minimum absolute atomic E-state index is 0.474. The van der Waals surface area contributed by atoms with Gasteiger partial charge in [-0.1, -0.05) is 18.2 Å². The first kappa shape index (κ1) is 15.4. The summed E-state index contributed by atoms with van der Waals surface area (Å²) >= 11 is 0. The molecule has 0 atom stereocenters. The fraction of sp³-hybridized carbons (Fsp3) is 0.294. The monoisotopic (exact) mass is 293 g/mol. The smallest absolute Gasteiger partial charge is 0.381 e. The van der Waals surface area contributed by atoms with Crippen molar-refractivity contribution in [3.63, 3.8) is 0 Å². The lowest BCUT2D eigenvalue weighted by Crippen LogP contribution is -2.07. The number of halogens is 3. The van der Waals surface area contributed by atoms with Crippen molar-refractivity contribution in [1.82, 2.24) is 0 Å². The molecule has 0 amide bonds. The van der Waals surface area contributed by atoms with Crippen molar-refractivity contribution in [2.75, 3.05) is 5.32 Å². The molecule has 0 bridgehead atoms. The Labute approximate surface area is 122 Å². The Kier molecular flexibility index (Phi) is 4.26. The van der Waals surface area contributed by atoms with Crippen molar-refractivity contribution >= 4 is 5.69 Å². The van der Waals surface area contributed by atoms with Gasteiger partial charge in [-0.15, -0.1) is 0 Å². The molecule has 0 aromatic heterocycles. The van der Waals surface area contributed by atoms with E-state index in [4.69, 9.17) is 0 Å². The van der Waals surface area contributed by atoms with E-state index < -0.39 is 11.7 Å². The molecule has 0 spiro atoms. The molecule has 0 heterocycles. The molecule has 1 N–H and O–H groups in total. The number of aryl methyl sites for hydroxylation is 3. The van der Waals surface area contributed by atoms with Crippen molar-refractivity contribution in [2.45, 2.75) is 33.5 Å². The molecule has 112 valence electrons. The van der Waals surface area contributed by atoms with Crippen molar-refractivity contribution in [3.8, 4) is 0 Å². The number of anilines is 1. The molecule has 4 heteroatoms. The van der Waals surface area contributed by atoms with Crippen molar-refractivity contribution in [1.29, 1.82) is 0 Å². The third kappa shape index (κ3) is 3.78. The van der Waals surface area contributed by atoms with Crippen LogP contribution in [0, 0.1) is 20.8 Å². The average molecular weight is 293 g/mol. The fourth-order valence-corrected chi connectivity index (χ4v) is 2.21. The molecule has 0 saturated heterocycles. The Balaban J connectivity index is 2.15. The maximum Gasteiger partial charge on any atom is 0.416 e. The lowest BCUT2D eigenvalue weighted by atomic mass is 10.0. The number of hydrogen-bond acceptors (Lipinski definition) is 1. The quantitative estimate of drug-likeness (QED) is 0.815. The van der Waals surface area contributed by atoms with Crippen LogP contribution in [0.3, 0.4) is 0 Å². The highest BCUT2D eigenvalue weighted by molar-refractivity contribution is 5.48. The van der Waals surface area contributed by atoms with Crippen LogP contribution in [0.5, 0.6) is 0 Å². The lowest BCUT2D eigenvalue weighted by molar-refractivity contribution is -0.137. The summed E-state index contributed by atoms with van der Waals surface area (Å²) < 4.78 is 38.0. The molecular weight excluding hydrogens is 275 g/mol. The van der Waals surface area contributed by atoms with Gasteiger partial charge in [0.25, 0.3) is 0 Å². The zero-order valence-electron chi connectivity index (χ0n) is 12.3. The third-order valence-corrected chi connectivity index (χ3v) is 3.63. The molecular formula is C17H18F3N. The van der Waals surface area contributed by atoms with E-state index in [9.17, 15) is 13.2 Å².